The zero-order chi connectivity index (χ0) is 16.9. The fourth-order valence-corrected chi connectivity index (χ4v) is 7.60. The van der Waals surface area contributed by atoms with Gasteiger partial charge in [-0.3, -0.25) is 0 Å². The van der Waals surface area contributed by atoms with Gasteiger partial charge in [0.15, 0.2) is 5.79 Å². The van der Waals surface area contributed by atoms with Crippen molar-refractivity contribution in [2.45, 2.75) is 77.4 Å². The number of allylic oxidation sites excluding steroid dienone is 2. The van der Waals surface area contributed by atoms with Crippen LogP contribution in [0.15, 0.2) is 11.6 Å². The third kappa shape index (κ3) is 2.35. The van der Waals surface area contributed by atoms with E-state index < -0.39 is 0 Å². The molecular weight excluding hydrogens is 296 g/mol. The highest BCUT2D eigenvalue weighted by Gasteiger charge is 2.56. The van der Waals surface area contributed by atoms with E-state index in [-0.39, 0.29) is 5.79 Å². The molecule has 0 saturated heterocycles. The van der Waals surface area contributed by atoms with Gasteiger partial charge in [-0.2, -0.15) is 0 Å². The van der Waals surface area contributed by atoms with Crippen molar-refractivity contribution in [2.24, 2.45) is 35.0 Å². The van der Waals surface area contributed by atoms with Crippen LogP contribution >= 0.6 is 0 Å². The first-order chi connectivity index (χ1) is 11.6. The minimum atomic E-state index is -0.289. The van der Waals surface area contributed by atoms with Crippen LogP contribution in [0.5, 0.6) is 0 Å². The first kappa shape index (κ1) is 17.1. The lowest BCUT2D eigenvalue weighted by Crippen LogP contribution is -2.51. The molecule has 0 spiro atoms. The smallest absolute Gasteiger partial charge is 0.167 e. The van der Waals surface area contributed by atoms with Gasteiger partial charge in [-0.05, 0) is 86.9 Å². The average molecular weight is 333 g/mol. The van der Waals surface area contributed by atoms with Crippen molar-refractivity contribution in [1.29, 1.82) is 0 Å². The molecule has 4 rings (SSSR count). The molecule has 0 heterocycles. The van der Waals surface area contributed by atoms with E-state index in [1.807, 2.05) is 14.2 Å². The number of rotatable bonds is 2. The summed E-state index contributed by atoms with van der Waals surface area (Å²) < 4.78 is 11.6. The van der Waals surface area contributed by atoms with Crippen LogP contribution in [-0.4, -0.2) is 20.0 Å². The quantitative estimate of drug-likeness (QED) is 0.486. The summed E-state index contributed by atoms with van der Waals surface area (Å²) in [5.74, 6) is 4.39. The van der Waals surface area contributed by atoms with Crippen LogP contribution in [0.2, 0.25) is 0 Å². The molecule has 0 N–H and O–H groups in total. The topological polar surface area (TPSA) is 18.5 Å². The first-order valence-corrected chi connectivity index (χ1v) is 10.3. The number of hydrogen-bond donors (Lipinski definition) is 0. The summed E-state index contributed by atoms with van der Waals surface area (Å²) in [4.78, 5) is 0. The van der Waals surface area contributed by atoms with E-state index in [9.17, 15) is 0 Å². The van der Waals surface area contributed by atoms with Crippen molar-refractivity contribution in [1.82, 2.24) is 0 Å². The Morgan fingerprint density at radius 3 is 2.38 bits per heavy atom. The molecule has 2 heteroatoms. The van der Waals surface area contributed by atoms with Gasteiger partial charge >= 0.3 is 0 Å². The largest absolute Gasteiger partial charge is 0.353 e. The Morgan fingerprint density at radius 1 is 0.917 bits per heavy atom. The minimum Gasteiger partial charge on any atom is -0.353 e. The van der Waals surface area contributed by atoms with Crippen molar-refractivity contribution in [3.8, 4) is 0 Å². The maximum absolute atomic E-state index is 5.80. The molecule has 0 aromatic heterocycles. The summed E-state index contributed by atoms with van der Waals surface area (Å²) in [6, 6.07) is 0. The van der Waals surface area contributed by atoms with Gasteiger partial charge in [0.25, 0.3) is 0 Å². The predicted molar refractivity (Wildman–Crippen MR) is 97.6 cm³/mol. The number of ether oxygens (including phenoxy) is 2. The summed E-state index contributed by atoms with van der Waals surface area (Å²) in [5.41, 5.74) is 2.30. The lowest BCUT2D eigenvalue weighted by atomic mass is 9.50. The Balaban J connectivity index is 1.54. The highest BCUT2D eigenvalue weighted by atomic mass is 16.7. The van der Waals surface area contributed by atoms with Crippen molar-refractivity contribution < 1.29 is 9.47 Å². The predicted octanol–water partition coefficient (Wildman–Crippen LogP) is 5.57. The van der Waals surface area contributed by atoms with Gasteiger partial charge in [-0.15, -0.1) is 0 Å². The number of fused-ring (bicyclic) bond motifs is 5. The van der Waals surface area contributed by atoms with E-state index in [2.05, 4.69) is 19.9 Å². The van der Waals surface area contributed by atoms with E-state index >= 15 is 0 Å². The fourth-order valence-electron chi connectivity index (χ4n) is 7.60. The first-order valence-electron chi connectivity index (χ1n) is 10.3. The van der Waals surface area contributed by atoms with Crippen molar-refractivity contribution in [3.05, 3.63) is 11.6 Å². The standard InChI is InChI=1S/C22H36O2/c1-5-16-7-9-20-19-8-6-15-14-22(23-3,24-4)13-11-17(15)18(19)10-12-21(16,20)2/h5,15,17-20H,6-14H2,1-4H3/t15-,17-,18+,19+,20-,21+/m0/s1. The van der Waals surface area contributed by atoms with Gasteiger partial charge in [0.05, 0.1) is 0 Å². The van der Waals surface area contributed by atoms with Crippen LogP contribution in [0, 0.1) is 35.0 Å². The van der Waals surface area contributed by atoms with E-state index in [0.29, 0.717) is 5.41 Å². The van der Waals surface area contributed by atoms with Gasteiger partial charge in [-0.1, -0.05) is 18.6 Å². The van der Waals surface area contributed by atoms with E-state index in [1.165, 1.54) is 44.9 Å². The number of methoxy groups -OCH3 is 2. The molecule has 0 amide bonds. The Bertz CT molecular complexity index is 506. The molecule has 0 unspecified atom stereocenters. The normalized spacial score (nSPS) is 48.7. The zero-order valence-electron chi connectivity index (χ0n) is 16.1. The highest BCUT2D eigenvalue weighted by molar-refractivity contribution is 5.23. The Hall–Kier alpha value is -0.340. The molecular formula is C22H36O2. The van der Waals surface area contributed by atoms with Gasteiger partial charge < -0.3 is 9.47 Å². The Kier molecular flexibility index (Phi) is 4.36. The molecule has 4 saturated carbocycles. The van der Waals surface area contributed by atoms with Crippen molar-refractivity contribution in [3.63, 3.8) is 0 Å². The van der Waals surface area contributed by atoms with Gasteiger partial charge in [0, 0.05) is 27.1 Å². The summed E-state index contributed by atoms with van der Waals surface area (Å²) in [5, 5.41) is 0. The van der Waals surface area contributed by atoms with Gasteiger partial charge in [0.1, 0.15) is 0 Å². The molecule has 0 aromatic rings. The molecule has 4 aliphatic rings. The third-order valence-electron chi connectivity index (χ3n) is 8.89. The molecule has 24 heavy (non-hydrogen) atoms. The van der Waals surface area contributed by atoms with Gasteiger partial charge in [0.2, 0.25) is 0 Å². The number of hydrogen-bond acceptors (Lipinski definition) is 2. The maximum Gasteiger partial charge on any atom is 0.167 e. The van der Waals surface area contributed by atoms with Crippen LogP contribution < -0.4 is 0 Å². The van der Waals surface area contributed by atoms with Crippen LogP contribution in [0.3, 0.4) is 0 Å². The Labute approximate surface area is 148 Å². The molecule has 0 aliphatic heterocycles. The molecule has 2 nitrogen and oxygen atoms in total. The second-order valence-electron chi connectivity index (χ2n) is 9.31. The lowest BCUT2D eigenvalue weighted by molar-refractivity contribution is -0.246. The SMILES string of the molecule is CC=C1CC[C@H]2[C@@H]3CC[C@H]4CC(OC)(OC)CC[C@@H]4[C@H]3CC[C@]12C. The maximum atomic E-state index is 5.80. The second kappa shape index (κ2) is 6.13. The fraction of sp³-hybridized carbons (Fsp3) is 0.909. The van der Waals surface area contributed by atoms with Crippen LogP contribution in [0.4, 0.5) is 0 Å². The molecule has 6 atom stereocenters. The Morgan fingerprint density at radius 2 is 1.67 bits per heavy atom. The monoisotopic (exact) mass is 332 g/mol. The van der Waals surface area contributed by atoms with Gasteiger partial charge in [-0.25, -0.2) is 0 Å². The van der Waals surface area contributed by atoms with E-state index in [0.717, 1.165) is 42.4 Å². The van der Waals surface area contributed by atoms with E-state index in [4.69, 9.17) is 9.47 Å². The van der Waals surface area contributed by atoms with Crippen LogP contribution in [0.25, 0.3) is 0 Å². The lowest BCUT2D eigenvalue weighted by Gasteiger charge is -2.56. The van der Waals surface area contributed by atoms with E-state index in [1.54, 1.807) is 5.57 Å². The molecule has 4 aliphatic carbocycles. The summed E-state index contributed by atoms with van der Waals surface area (Å²) in [6.45, 7) is 4.85. The second-order valence-corrected chi connectivity index (χ2v) is 9.31. The summed E-state index contributed by atoms with van der Waals surface area (Å²) >= 11 is 0. The van der Waals surface area contributed by atoms with Crippen molar-refractivity contribution in [2.75, 3.05) is 14.2 Å². The summed E-state index contributed by atoms with van der Waals surface area (Å²) in [7, 11) is 3.66. The molecule has 0 aromatic carbocycles. The molecule has 0 radical (unpaired) electrons. The third-order valence-corrected chi connectivity index (χ3v) is 8.89. The summed E-state index contributed by atoms with van der Waals surface area (Å²) in [6.07, 6.45) is 14.5. The molecule has 0 bridgehead atoms. The highest BCUT2D eigenvalue weighted by Crippen LogP contribution is 2.64. The van der Waals surface area contributed by atoms with Crippen molar-refractivity contribution >= 4 is 0 Å². The molecule has 136 valence electrons. The average Bonchev–Trinajstić information content (AvgIpc) is 2.97. The van der Waals surface area contributed by atoms with Crippen LogP contribution in [-0.2, 0) is 9.47 Å². The molecule has 4 fully saturated rings. The van der Waals surface area contributed by atoms with Crippen LogP contribution in [0.1, 0.15) is 71.6 Å². The minimum absolute atomic E-state index is 0.289. The zero-order valence-corrected chi connectivity index (χ0v) is 16.1.